The number of nitrogens with one attached hydrogen (secondary N) is 1. The smallest absolute Gasteiger partial charge is 0.307 e. The van der Waals surface area contributed by atoms with Crippen molar-refractivity contribution in [1.29, 1.82) is 0 Å². The first kappa shape index (κ1) is 28.2. The predicted octanol–water partition coefficient (Wildman–Crippen LogP) is 6.78. The predicted molar refractivity (Wildman–Crippen MR) is 165 cm³/mol. The van der Waals surface area contributed by atoms with Gasteiger partial charge in [0.05, 0.1) is 16.9 Å². The maximum absolute atomic E-state index is 12.7. The summed E-state index contributed by atoms with van der Waals surface area (Å²) in [5.74, 6) is 0.913. The van der Waals surface area contributed by atoms with Crippen molar-refractivity contribution in [2.75, 3.05) is 20.2 Å². The van der Waals surface area contributed by atoms with Crippen molar-refractivity contribution >= 4 is 67.5 Å². The molecule has 4 aromatic rings. The molecule has 0 aliphatic carbocycles. The van der Waals surface area contributed by atoms with Crippen LogP contribution in [0.4, 0.5) is 0 Å². The molecule has 1 aliphatic rings. The lowest BCUT2D eigenvalue weighted by atomic mass is 10.1. The number of methoxy groups -OCH3 is 1. The molecule has 0 spiro atoms. The fourth-order valence-electron chi connectivity index (χ4n) is 4.48. The zero-order chi connectivity index (χ0) is 28.1. The third kappa shape index (κ3) is 6.67. The highest BCUT2D eigenvalue weighted by Crippen LogP contribution is 2.30. The van der Waals surface area contributed by atoms with Gasteiger partial charge in [-0.2, -0.15) is 5.10 Å². The summed E-state index contributed by atoms with van der Waals surface area (Å²) >= 11 is 5.62. The summed E-state index contributed by atoms with van der Waals surface area (Å²) in [4.78, 5) is 27.2. The van der Waals surface area contributed by atoms with Crippen LogP contribution >= 0.6 is 38.5 Å². The highest BCUT2D eigenvalue weighted by molar-refractivity contribution is 14.1. The highest BCUT2D eigenvalue weighted by atomic mass is 127. The molecule has 206 valence electrons. The molecule has 5 rings (SSSR count). The van der Waals surface area contributed by atoms with Crippen molar-refractivity contribution < 1.29 is 23.5 Å². The fraction of sp³-hybridized carbons (Fsp3) is 0.233. The zero-order valence-corrected chi connectivity index (χ0v) is 25.5. The molecule has 8 nitrogen and oxygen atoms in total. The van der Waals surface area contributed by atoms with Crippen molar-refractivity contribution in [3.05, 3.63) is 91.2 Å². The molecular weight excluding hydrogens is 689 g/mol. The van der Waals surface area contributed by atoms with Crippen LogP contribution in [0.5, 0.6) is 11.5 Å². The zero-order valence-electron chi connectivity index (χ0n) is 21.8. The van der Waals surface area contributed by atoms with Crippen LogP contribution in [0.1, 0.15) is 51.3 Å². The topological polar surface area (TPSA) is 93.4 Å². The van der Waals surface area contributed by atoms with E-state index >= 15 is 0 Å². The minimum absolute atomic E-state index is 0.0860. The van der Waals surface area contributed by atoms with E-state index in [0.717, 1.165) is 44.9 Å². The number of amides is 2. The van der Waals surface area contributed by atoms with E-state index in [9.17, 15) is 9.59 Å². The summed E-state index contributed by atoms with van der Waals surface area (Å²) in [6, 6.07) is 18.4. The first-order valence-corrected chi connectivity index (χ1v) is 14.7. The van der Waals surface area contributed by atoms with Crippen molar-refractivity contribution in [3.63, 3.8) is 0 Å². The molecule has 0 unspecified atom stereocenters. The lowest BCUT2D eigenvalue weighted by molar-refractivity contribution is 0.0724. The third-order valence-electron chi connectivity index (χ3n) is 6.57. The molecule has 1 aliphatic heterocycles. The number of carbonyl (C=O) groups is 2. The summed E-state index contributed by atoms with van der Waals surface area (Å²) < 4.78 is 19.0. The first-order chi connectivity index (χ1) is 19.4. The van der Waals surface area contributed by atoms with Gasteiger partial charge in [0.25, 0.3) is 5.91 Å². The lowest BCUT2D eigenvalue weighted by Gasteiger charge is -2.26. The monoisotopic (exact) mass is 715 g/mol. The molecule has 1 fully saturated rings. The second kappa shape index (κ2) is 12.9. The molecule has 3 aromatic carbocycles. The van der Waals surface area contributed by atoms with Gasteiger partial charge in [-0.25, -0.2) is 5.43 Å². The van der Waals surface area contributed by atoms with Gasteiger partial charge in [0.2, 0.25) is 0 Å². The van der Waals surface area contributed by atoms with E-state index in [4.69, 9.17) is 13.9 Å². The van der Waals surface area contributed by atoms with Crippen molar-refractivity contribution in [2.24, 2.45) is 5.10 Å². The molecule has 40 heavy (non-hydrogen) atoms. The Labute approximate surface area is 254 Å². The third-order valence-corrected chi connectivity index (χ3v) is 7.82. The van der Waals surface area contributed by atoms with Crippen LogP contribution in [0.2, 0.25) is 0 Å². The Morgan fingerprint density at radius 2 is 1.82 bits per heavy atom. The Bertz CT molecular complexity index is 1560. The number of hydrogen-bond donors (Lipinski definition) is 1. The summed E-state index contributed by atoms with van der Waals surface area (Å²) in [6.45, 7) is 1.98. The van der Waals surface area contributed by atoms with Crippen LogP contribution in [0.15, 0.2) is 74.7 Å². The molecule has 0 radical (unpaired) electrons. The van der Waals surface area contributed by atoms with Gasteiger partial charge in [-0.05, 0) is 102 Å². The number of fused-ring (bicyclic) bond motifs is 1. The summed E-state index contributed by atoms with van der Waals surface area (Å²) in [5, 5.41) is 4.89. The van der Waals surface area contributed by atoms with Crippen molar-refractivity contribution in [1.82, 2.24) is 10.3 Å². The average Bonchev–Trinajstić information content (AvgIpc) is 3.41. The van der Waals surface area contributed by atoms with Crippen molar-refractivity contribution in [3.8, 4) is 11.5 Å². The van der Waals surface area contributed by atoms with Gasteiger partial charge in [0.1, 0.15) is 12.2 Å². The minimum atomic E-state index is -0.449. The van der Waals surface area contributed by atoms with Gasteiger partial charge < -0.3 is 18.8 Å². The number of hydrogen-bond acceptors (Lipinski definition) is 6. The first-order valence-electron chi connectivity index (χ1n) is 12.8. The van der Waals surface area contributed by atoms with Crippen LogP contribution in [0, 0.1) is 3.57 Å². The van der Waals surface area contributed by atoms with Gasteiger partial charge in [0, 0.05) is 28.5 Å². The Balaban J connectivity index is 1.17. The Kier molecular flexibility index (Phi) is 9.05. The number of hydrazone groups is 1. The van der Waals surface area contributed by atoms with Crippen LogP contribution in [-0.4, -0.2) is 43.1 Å². The highest BCUT2D eigenvalue weighted by Gasteiger charge is 2.18. The van der Waals surface area contributed by atoms with E-state index in [1.807, 2.05) is 47.4 Å². The normalized spacial score (nSPS) is 13.5. The molecule has 0 saturated carbocycles. The second-order valence-electron chi connectivity index (χ2n) is 9.36. The molecular formula is C30H27BrIN3O5. The molecule has 0 atom stereocenters. The second-order valence-corrected chi connectivity index (χ2v) is 11.4. The summed E-state index contributed by atoms with van der Waals surface area (Å²) in [6.07, 6.45) is 4.85. The number of rotatable bonds is 8. The Morgan fingerprint density at radius 1 is 1.05 bits per heavy atom. The Hall–Kier alpha value is -3.38. The number of halogens is 2. The average molecular weight is 716 g/mol. The van der Waals surface area contributed by atoms with Gasteiger partial charge in [-0.1, -0.05) is 28.1 Å². The van der Waals surface area contributed by atoms with E-state index in [1.165, 1.54) is 12.6 Å². The molecule has 1 N–H and O–H groups in total. The summed E-state index contributed by atoms with van der Waals surface area (Å²) in [7, 11) is 1.56. The van der Waals surface area contributed by atoms with Crippen molar-refractivity contribution in [2.45, 2.75) is 25.9 Å². The fourth-order valence-corrected chi connectivity index (χ4v) is 6.14. The number of benzene rings is 3. The summed E-state index contributed by atoms with van der Waals surface area (Å²) in [5.41, 5.74) is 5.51. The number of piperidine rings is 1. The van der Waals surface area contributed by atoms with Gasteiger partial charge >= 0.3 is 5.91 Å². The molecule has 0 bridgehead atoms. The van der Waals surface area contributed by atoms with E-state index in [0.29, 0.717) is 34.8 Å². The quantitative estimate of drug-likeness (QED) is 0.123. The minimum Gasteiger partial charge on any atom is -0.493 e. The maximum Gasteiger partial charge on any atom is 0.307 e. The molecule has 10 heteroatoms. The van der Waals surface area contributed by atoms with Crippen LogP contribution in [0.25, 0.3) is 11.0 Å². The maximum atomic E-state index is 12.7. The number of carbonyl (C=O) groups excluding carboxylic acids is 2. The molecule has 2 amide bonds. The largest absolute Gasteiger partial charge is 0.493 e. The molecule has 2 heterocycles. The SMILES string of the molecule is COc1cc(/C=N\NC(=O)c2cc3cc(Br)cc(I)c3o2)ccc1OCc1ccc(C(=O)N2CCCCC2)cc1. The molecule has 1 aromatic heterocycles. The van der Waals surface area contributed by atoms with Gasteiger partial charge in [-0.3, -0.25) is 9.59 Å². The lowest BCUT2D eigenvalue weighted by Crippen LogP contribution is -2.35. The Morgan fingerprint density at radius 3 is 2.58 bits per heavy atom. The van der Waals surface area contributed by atoms with Crippen LogP contribution < -0.4 is 14.9 Å². The molecule has 1 saturated heterocycles. The number of ether oxygens (including phenoxy) is 2. The standard InChI is InChI=1S/C30H27BrIN3O5/c1-38-26-13-20(17-33-34-29(36)27-15-22-14-23(31)16-24(32)28(22)40-27)7-10-25(26)39-18-19-5-8-21(9-6-19)30(37)35-11-3-2-4-12-35/h5-10,13-17H,2-4,11-12,18H2,1H3,(H,34,36)/b33-17-. The van der Waals surface area contributed by atoms with Crippen LogP contribution in [-0.2, 0) is 6.61 Å². The number of nitrogens with zero attached hydrogens (tertiary/aromatic N) is 2. The van der Waals surface area contributed by atoms with Crippen LogP contribution in [0.3, 0.4) is 0 Å². The van der Waals surface area contributed by atoms with E-state index in [-0.39, 0.29) is 11.7 Å². The van der Waals surface area contributed by atoms with E-state index in [2.05, 4.69) is 49.0 Å². The number of furan rings is 1. The van der Waals surface area contributed by atoms with Gasteiger partial charge in [0.15, 0.2) is 17.3 Å². The van der Waals surface area contributed by atoms with E-state index in [1.54, 1.807) is 25.3 Å². The van der Waals surface area contributed by atoms with Gasteiger partial charge in [-0.15, -0.1) is 0 Å². The number of likely N-dealkylation sites (tertiary alicyclic amines) is 1. The van der Waals surface area contributed by atoms with E-state index < -0.39 is 5.91 Å².